The van der Waals surface area contributed by atoms with Crippen molar-refractivity contribution in [2.45, 2.75) is 38.8 Å². The highest BCUT2D eigenvalue weighted by atomic mass is 15.1. The van der Waals surface area contributed by atoms with Crippen LogP contribution in [0.5, 0.6) is 0 Å². The number of pyridine rings is 1. The third kappa shape index (κ3) is 1.54. The fourth-order valence-electron chi connectivity index (χ4n) is 1.99. The van der Waals surface area contributed by atoms with E-state index in [1.807, 2.05) is 12.3 Å². The van der Waals surface area contributed by atoms with Crippen LogP contribution in [-0.2, 0) is 0 Å². The second-order valence-corrected chi connectivity index (χ2v) is 3.72. The molecule has 1 aromatic heterocycles. The molecular weight excluding hydrogens is 174 g/mol. The van der Waals surface area contributed by atoms with Gasteiger partial charge in [0, 0.05) is 18.3 Å². The fourth-order valence-corrected chi connectivity index (χ4v) is 1.99. The van der Waals surface area contributed by atoms with E-state index in [1.54, 1.807) is 0 Å². The molecule has 0 bridgehead atoms. The van der Waals surface area contributed by atoms with Crippen molar-refractivity contribution in [3.05, 3.63) is 18.3 Å². The zero-order valence-electron chi connectivity index (χ0n) is 8.75. The van der Waals surface area contributed by atoms with E-state index in [0.717, 1.165) is 24.3 Å². The quantitative estimate of drug-likeness (QED) is 0.754. The van der Waals surface area contributed by atoms with Gasteiger partial charge in [0.2, 0.25) is 0 Å². The largest absolute Gasteiger partial charge is 0.377 e. The molecule has 76 valence electrons. The molecule has 3 nitrogen and oxygen atoms in total. The summed E-state index contributed by atoms with van der Waals surface area (Å²) in [6.07, 6.45) is 4.09. The van der Waals surface area contributed by atoms with Crippen LogP contribution < -0.4 is 10.6 Å². The molecule has 0 saturated heterocycles. The lowest BCUT2D eigenvalue weighted by molar-refractivity contribution is 0.547. The molecule has 0 aromatic carbocycles. The Balaban J connectivity index is 2.25. The number of hydrogen-bond acceptors (Lipinski definition) is 3. The Morgan fingerprint density at radius 2 is 1.93 bits per heavy atom. The summed E-state index contributed by atoms with van der Waals surface area (Å²) < 4.78 is 0. The molecule has 14 heavy (non-hydrogen) atoms. The summed E-state index contributed by atoms with van der Waals surface area (Å²) in [7, 11) is 0. The van der Waals surface area contributed by atoms with Crippen molar-refractivity contribution in [3.8, 4) is 0 Å². The number of nitrogens with zero attached hydrogens (tertiary/aromatic N) is 1. The monoisotopic (exact) mass is 191 g/mol. The standard InChI is InChI=1S/C11H17N3/c1-3-8-9(4-2)14-11-10(13-8)6-5-7-12-11/h5-9,13H,3-4H2,1-2H3,(H,12,14)/t8-,9-/m1/s1. The van der Waals surface area contributed by atoms with Crippen molar-refractivity contribution in [2.75, 3.05) is 10.6 Å². The van der Waals surface area contributed by atoms with Gasteiger partial charge < -0.3 is 10.6 Å². The highest BCUT2D eigenvalue weighted by Crippen LogP contribution is 2.27. The molecule has 0 amide bonds. The highest BCUT2D eigenvalue weighted by Gasteiger charge is 2.24. The summed E-state index contributed by atoms with van der Waals surface area (Å²) in [5.74, 6) is 0.990. The molecule has 0 unspecified atom stereocenters. The first-order valence-corrected chi connectivity index (χ1v) is 5.33. The van der Waals surface area contributed by atoms with Gasteiger partial charge in [-0.2, -0.15) is 0 Å². The molecule has 1 aliphatic heterocycles. The van der Waals surface area contributed by atoms with Gasteiger partial charge in [-0.25, -0.2) is 4.98 Å². The first-order valence-electron chi connectivity index (χ1n) is 5.33. The van der Waals surface area contributed by atoms with E-state index >= 15 is 0 Å². The maximum Gasteiger partial charge on any atom is 0.149 e. The smallest absolute Gasteiger partial charge is 0.149 e. The minimum atomic E-state index is 0.502. The van der Waals surface area contributed by atoms with E-state index in [1.165, 1.54) is 0 Å². The number of fused-ring (bicyclic) bond motifs is 1. The number of hydrogen-bond donors (Lipinski definition) is 2. The minimum absolute atomic E-state index is 0.502. The van der Waals surface area contributed by atoms with E-state index in [4.69, 9.17) is 0 Å². The predicted molar refractivity (Wildman–Crippen MR) is 59.6 cm³/mol. The number of nitrogens with one attached hydrogen (secondary N) is 2. The lowest BCUT2D eigenvalue weighted by Crippen LogP contribution is -2.42. The van der Waals surface area contributed by atoms with E-state index in [2.05, 4.69) is 35.5 Å². The topological polar surface area (TPSA) is 37.0 Å². The van der Waals surface area contributed by atoms with Crippen LogP contribution in [0.25, 0.3) is 0 Å². The molecule has 0 spiro atoms. The van der Waals surface area contributed by atoms with Crippen LogP contribution >= 0.6 is 0 Å². The summed E-state index contributed by atoms with van der Waals surface area (Å²) in [6.45, 7) is 4.42. The Hall–Kier alpha value is -1.25. The first-order chi connectivity index (χ1) is 6.85. The van der Waals surface area contributed by atoms with Gasteiger partial charge in [-0.05, 0) is 25.0 Å². The third-order valence-corrected chi connectivity index (χ3v) is 2.84. The average Bonchev–Trinajstić information content (AvgIpc) is 2.27. The highest BCUT2D eigenvalue weighted by molar-refractivity contribution is 5.67. The molecule has 1 aliphatic rings. The van der Waals surface area contributed by atoms with Gasteiger partial charge in [0.1, 0.15) is 5.82 Å². The number of aromatic nitrogens is 1. The van der Waals surface area contributed by atoms with E-state index in [0.29, 0.717) is 12.1 Å². The maximum atomic E-state index is 4.31. The second kappa shape index (κ2) is 3.86. The third-order valence-electron chi connectivity index (χ3n) is 2.84. The second-order valence-electron chi connectivity index (χ2n) is 3.72. The Morgan fingerprint density at radius 3 is 2.64 bits per heavy atom. The summed E-state index contributed by atoms with van der Waals surface area (Å²) in [6, 6.07) is 5.07. The minimum Gasteiger partial charge on any atom is -0.377 e. The van der Waals surface area contributed by atoms with Crippen molar-refractivity contribution >= 4 is 11.5 Å². The lowest BCUT2D eigenvalue weighted by Gasteiger charge is -2.34. The zero-order valence-corrected chi connectivity index (χ0v) is 8.75. The number of anilines is 2. The van der Waals surface area contributed by atoms with Gasteiger partial charge in [-0.15, -0.1) is 0 Å². The molecule has 2 N–H and O–H groups in total. The predicted octanol–water partition coefficient (Wildman–Crippen LogP) is 2.48. The molecule has 0 saturated carbocycles. The molecular formula is C11H17N3. The lowest BCUT2D eigenvalue weighted by atomic mass is 10.0. The van der Waals surface area contributed by atoms with E-state index < -0.39 is 0 Å². The Bertz CT molecular complexity index is 280. The van der Waals surface area contributed by atoms with Crippen molar-refractivity contribution < 1.29 is 0 Å². The summed E-state index contributed by atoms with van der Waals surface area (Å²) in [5.41, 5.74) is 1.13. The number of rotatable bonds is 2. The van der Waals surface area contributed by atoms with Crippen LogP contribution in [-0.4, -0.2) is 17.1 Å². The molecule has 1 aromatic rings. The summed E-state index contributed by atoms with van der Waals surface area (Å²) in [5, 5.41) is 7.00. The SMILES string of the molecule is CC[C@H]1Nc2cccnc2N[C@@H]1CC. The van der Waals surface area contributed by atoms with Gasteiger partial charge in [0.15, 0.2) is 0 Å². The van der Waals surface area contributed by atoms with Crippen LogP contribution in [0.2, 0.25) is 0 Å². The van der Waals surface area contributed by atoms with Crippen LogP contribution in [0.15, 0.2) is 18.3 Å². The fraction of sp³-hybridized carbons (Fsp3) is 0.545. The van der Waals surface area contributed by atoms with Gasteiger partial charge in [0.25, 0.3) is 0 Å². The zero-order chi connectivity index (χ0) is 9.97. The Labute approximate surface area is 84.9 Å². The van der Waals surface area contributed by atoms with Crippen molar-refractivity contribution in [2.24, 2.45) is 0 Å². The van der Waals surface area contributed by atoms with E-state index in [9.17, 15) is 0 Å². The van der Waals surface area contributed by atoms with Crippen LogP contribution in [0, 0.1) is 0 Å². The van der Waals surface area contributed by atoms with Gasteiger partial charge in [0.05, 0.1) is 5.69 Å². The van der Waals surface area contributed by atoms with Gasteiger partial charge >= 0.3 is 0 Å². The van der Waals surface area contributed by atoms with Crippen LogP contribution in [0.3, 0.4) is 0 Å². The van der Waals surface area contributed by atoms with Crippen LogP contribution in [0.1, 0.15) is 26.7 Å². The Morgan fingerprint density at radius 1 is 1.21 bits per heavy atom. The summed E-state index contributed by atoms with van der Waals surface area (Å²) >= 11 is 0. The molecule has 0 fully saturated rings. The van der Waals surface area contributed by atoms with Gasteiger partial charge in [-0.1, -0.05) is 13.8 Å². The molecule has 3 heteroatoms. The van der Waals surface area contributed by atoms with Crippen LogP contribution in [0.4, 0.5) is 11.5 Å². The summed E-state index contributed by atoms with van der Waals surface area (Å²) in [4.78, 5) is 4.31. The average molecular weight is 191 g/mol. The molecule has 0 radical (unpaired) electrons. The first kappa shape index (κ1) is 9.31. The molecule has 2 rings (SSSR count). The molecule has 2 atom stereocenters. The normalized spacial score (nSPS) is 24.7. The van der Waals surface area contributed by atoms with E-state index in [-0.39, 0.29) is 0 Å². The molecule has 0 aliphatic carbocycles. The molecule has 2 heterocycles. The Kier molecular flexibility index (Phi) is 2.57. The van der Waals surface area contributed by atoms with Crippen molar-refractivity contribution in [3.63, 3.8) is 0 Å². The van der Waals surface area contributed by atoms with Crippen molar-refractivity contribution in [1.29, 1.82) is 0 Å². The van der Waals surface area contributed by atoms with Crippen molar-refractivity contribution in [1.82, 2.24) is 4.98 Å². The maximum absolute atomic E-state index is 4.31. The van der Waals surface area contributed by atoms with Gasteiger partial charge in [-0.3, -0.25) is 0 Å².